The first kappa shape index (κ1) is 12.8. The lowest BCUT2D eigenvalue weighted by Crippen LogP contribution is -2.28. The number of allylic oxidation sites excluding steroid dienone is 1. The van der Waals surface area contributed by atoms with Crippen molar-refractivity contribution < 1.29 is 0 Å². The van der Waals surface area contributed by atoms with Gasteiger partial charge >= 0.3 is 0 Å². The number of hydrogen-bond acceptors (Lipinski definition) is 1. The van der Waals surface area contributed by atoms with E-state index in [1.54, 1.807) is 5.57 Å². The Kier molecular flexibility index (Phi) is 6.00. The van der Waals surface area contributed by atoms with Crippen LogP contribution in [0.4, 0.5) is 0 Å². The molecule has 1 heteroatoms. The Bertz CT molecular complexity index is 194. The van der Waals surface area contributed by atoms with Crippen LogP contribution < -0.4 is 5.32 Å². The van der Waals surface area contributed by atoms with Gasteiger partial charge in [0.1, 0.15) is 0 Å². The third-order valence-electron chi connectivity index (χ3n) is 3.15. The molecule has 0 bridgehead atoms. The lowest BCUT2D eigenvalue weighted by atomic mass is 9.97. The van der Waals surface area contributed by atoms with Crippen LogP contribution in [-0.2, 0) is 0 Å². The van der Waals surface area contributed by atoms with Crippen molar-refractivity contribution in [2.75, 3.05) is 6.54 Å². The highest BCUT2D eigenvalue weighted by molar-refractivity contribution is 5.05. The first-order valence-electron chi connectivity index (χ1n) is 6.59. The van der Waals surface area contributed by atoms with E-state index in [0.717, 1.165) is 5.92 Å². The van der Waals surface area contributed by atoms with Crippen molar-refractivity contribution in [3.8, 4) is 0 Å². The molecule has 88 valence electrons. The van der Waals surface area contributed by atoms with Gasteiger partial charge in [-0.3, -0.25) is 0 Å². The Morgan fingerprint density at radius 2 is 2.07 bits per heavy atom. The van der Waals surface area contributed by atoms with Gasteiger partial charge in [-0.1, -0.05) is 25.5 Å². The molecule has 0 aromatic carbocycles. The molecule has 0 spiro atoms. The molecule has 0 radical (unpaired) electrons. The summed E-state index contributed by atoms with van der Waals surface area (Å²) in [5, 5.41) is 3.62. The number of nitrogens with one attached hydrogen (secondary N) is 1. The lowest BCUT2D eigenvalue weighted by molar-refractivity contribution is 0.442. The highest BCUT2D eigenvalue weighted by Gasteiger charge is 2.06. The summed E-state index contributed by atoms with van der Waals surface area (Å²) in [5.74, 6) is 0.807. The lowest BCUT2D eigenvalue weighted by Gasteiger charge is -2.17. The fourth-order valence-electron chi connectivity index (χ4n) is 2.40. The molecule has 0 fully saturated rings. The highest BCUT2D eigenvalue weighted by atomic mass is 14.9. The van der Waals surface area contributed by atoms with Crippen molar-refractivity contribution in [2.45, 2.75) is 65.3 Å². The van der Waals surface area contributed by atoms with Crippen LogP contribution in [0.1, 0.15) is 59.3 Å². The van der Waals surface area contributed by atoms with E-state index in [1.165, 1.54) is 45.1 Å². The second kappa shape index (κ2) is 7.05. The van der Waals surface area contributed by atoms with Gasteiger partial charge in [-0.25, -0.2) is 0 Å². The molecule has 15 heavy (non-hydrogen) atoms. The maximum absolute atomic E-state index is 3.62. The molecule has 0 saturated carbocycles. The van der Waals surface area contributed by atoms with E-state index in [0.29, 0.717) is 6.04 Å². The SMILES string of the molecule is CC(C)CC(C)NCCC1=CCCCC1. The van der Waals surface area contributed by atoms with Crippen LogP contribution in [0, 0.1) is 5.92 Å². The fourth-order valence-corrected chi connectivity index (χ4v) is 2.40. The molecule has 1 nitrogen and oxygen atoms in total. The van der Waals surface area contributed by atoms with Crippen LogP contribution in [0.15, 0.2) is 11.6 Å². The Labute approximate surface area is 95.3 Å². The van der Waals surface area contributed by atoms with E-state index < -0.39 is 0 Å². The zero-order valence-electron chi connectivity index (χ0n) is 10.7. The molecule has 0 heterocycles. The summed E-state index contributed by atoms with van der Waals surface area (Å²) in [6, 6.07) is 0.675. The van der Waals surface area contributed by atoms with Gasteiger partial charge in [0, 0.05) is 6.04 Å². The minimum absolute atomic E-state index is 0.675. The van der Waals surface area contributed by atoms with Crippen LogP contribution in [0.3, 0.4) is 0 Å². The van der Waals surface area contributed by atoms with Gasteiger partial charge in [-0.15, -0.1) is 0 Å². The maximum atomic E-state index is 3.62. The second-order valence-electron chi connectivity index (χ2n) is 5.34. The molecule has 1 atom stereocenters. The van der Waals surface area contributed by atoms with E-state index in [9.17, 15) is 0 Å². The molecule has 1 N–H and O–H groups in total. The van der Waals surface area contributed by atoms with Crippen molar-refractivity contribution in [3.05, 3.63) is 11.6 Å². The first-order chi connectivity index (χ1) is 7.18. The monoisotopic (exact) mass is 209 g/mol. The fraction of sp³-hybridized carbons (Fsp3) is 0.857. The molecule has 0 aliphatic heterocycles. The van der Waals surface area contributed by atoms with Crippen molar-refractivity contribution in [1.29, 1.82) is 0 Å². The molecule has 1 aliphatic carbocycles. The van der Waals surface area contributed by atoms with Crippen LogP contribution in [-0.4, -0.2) is 12.6 Å². The van der Waals surface area contributed by atoms with Crippen molar-refractivity contribution in [3.63, 3.8) is 0 Å². The van der Waals surface area contributed by atoms with E-state index in [4.69, 9.17) is 0 Å². The molecule has 0 aromatic rings. The topological polar surface area (TPSA) is 12.0 Å². The molecule has 0 amide bonds. The van der Waals surface area contributed by atoms with Crippen LogP contribution in [0.2, 0.25) is 0 Å². The minimum Gasteiger partial charge on any atom is -0.314 e. The van der Waals surface area contributed by atoms with E-state index in [1.807, 2.05) is 0 Å². The van der Waals surface area contributed by atoms with Crippen LogP contribution in [0.25, 0.3) is 0 Å². The van der Waals surface area contributed by atoms with Gasteiger partial charge in [0.25, 0.3) is 0 Å². The van der Waals surface area contributed by atoms with Crippen molar-refractivity contribution in [1.82, 2.24) is 5.32 Å². The standard InChI is InChI=1S/C14H27N/c1-12(2)11-13(3)15-10-9-14-7-5-4-6-8-14/h7,12-13,15H,4-6,8-11H2,1-3H3. The molecule has 0 saturated heterocycles. The van der Waals surface area contributed by atoms with E-state index in [-0.39, 0.29) is 0 Å². The summed E-state index contributed by atoms with van der Waals surface area (Å²) in [4.78, 5) is 0. The van der Waals surface area contributed by atoms with Gasteiger partial charge in [-0.2, -0.15) is 0 Å². The second-order valence-corrected chi connectivity index (χ2v) is 5.34. The van der Waals surface area contributed by atoms with Gasteiger partial charge < -0.3 is 5.32 Å². The number of hydrogen-bond donors (Lipinski definition) is 1. The molecule has 0 aromatic heterocycles. The summed E-state index contributed by atoms with van der Waals surface area (Å²) in [6.07, 6.45) is 10.5. The summed E-state index contributed by atoms with van der Waals surface area (Å²) >= 11 is 0. The maximum Gasteiger partial charge on any atom is 0.00412 e. The summed E-state index contributed by atoms with van der Waals surface area (Å²) in [7, 11) is 0. The smallest absolute Gasteiger partial charge is 0.00412 e. The summed E-state index contributed by atoms with van der Waals surface area (Å²) in [6.45, 7) is 8.05. The number of rotatable bonds is 6. The predicted octanol–water partition coefficient (Wildman–Crippen LogP) is 3.90. The average Bonchev–Trinajstić information content (AvgIpc) is 2.18. The molecule has 1 unspecified atom stereocenters. The normalized spacial score (nSPS) is 19.1. The van der Waals surface area contributed by atoms with Crippen molar-refractivity contribution in [2.24, 2.45) is 5.92 Å². The Morgan fingerprint density at radius 1 is 1.27 bits per heavy atom. The minimum atomic E-state index is 0.675. The largest absolute Gasteiger partial charge is 0.314 e. The third kappa shape index (κ3) is 5.99. The Morgan fingerprint density at radius 3 is 2.67 bits per heavy atom. The van der Waals surface area contributed by atoms with Gasteiger partial charge in [0.2, 0.25) is 0 Å². The zero-order valence-corrected chi connectivity index (χ0v) is 10.7. The van der Waals surface area contributed by atoms with E-state index >= 15 is 0 Å². The van der Waals surface area contributed by atoms with Gasteiger partial charge in [0.15, 0.2) is 0 Å². The third-order valence-corrected chi connectivity index (χ3v) is 3.15. The Hall–Kier alpha value is -0.300. The zero-order chi connectivity index (χ0) is 11.1. The first-order valence-corrected chi connectivity index (χ1v) is 6.59. The molecule has 1 aliphatic rings. The van der Waals surface area contributed by atoms with E-state index in [2.05, 4.69) is 32.2 Å². The molecular weight excluding hydrogens is 182 g/mol. The quantitative estimate of drug-likeness (QED) is 0.654. The molecular formula is C14H27N. The average molecular weight is 209 g/mol. The van der Waals surface area contributed by atoms with Crippen LogP contribution in [0.5, 0.6) is 0 Å². The summed E-state index contributed by atoms with van der Waals surface area (Å²) in [5.41, 5.74) is 1.69. The predicted molar refractivity (Wildman–Crippen MR) is 68.1 cm³/mol. The van der Waals surface area contributed by atoms with Gasteiger partial charge in [0.05, 0.1) is 0 Å². The highest BCUT2D eigenvalue weighted by Crippen LogP contribution is 2.19. The van der Waals surface area contributed by atoms with Crippen LogP contribution >= 0.6 is 0 Å². The summed E-state index contributed by atoms with van der Waals surface area (Å²) < 4.78 is 0. The van der Waals surface area contributed by atoms with Crippen molar-refractivity contribution >= 4 is 0 Å². The van der Waals surface area contributed by atoms with Gasteiger partial charge in [-0.05, 0) is 57.9 Å². The molecule has 1 rings (SSSR count). The Balaban J connectivity index is 2.07.